The van der Waals surface area contributed by atoms with Gasteiger partial charge in [0, 0.05) is 0 Å². The van der Waals surface area contributed by atoms with Crippen molar-refractivity contribution in [1.82, 2.24) is 0 Å². The topological polar surface area (TPSA) is 0 Å². The molecule has 3 heteroatoms. The molecule has 0 saturated carbocycles. The van der Waals surface area contributed by atoms with Gasteiger partial charge in [0.1, 0.15) is 0 Å². The van der Waals surface area contributed by atoms with Gasteiger partial charge in [-0.15, -0.1) is 17.0 Å². The standard InChI is InChI=1S/C2H7Si.CH3.BrH.Mg/c1-3-2;;;/h3H,1-2H3;1H3;1H;. The van der Waals surface area contributed by atoms with Gasteiger partial charge in [0.2, 0.25) is 0 Å². The Morgan fingerprint density at radius 1 is 1.33 bits per heavy atom. The first kappa shape index (κ1) is 10.4. The van der Waals surface area contributed by atoms with E-state index in [9.17, 15) is 0 Å². The SMILES string of the molecule is Br.[CH3][Mg][SiH](C)C. The second kappa shape index (κ2) is 6.46. The molecular formula is C3H11BrMgSi. The van der Waals surface area contributed by atoms with Crippen LogP contribution >= 0.6 is 17.0 Å². The van der Waals surface area contributed by atoms with Crippen LogP contribution in [0.1, 0.15) is 0 Å². The third-order valence-electron chi connectivity index (χ3n) is 0.816. The van der Waals surface area contributed by atoms with Crippen LogP contribution in [0, 0.1) is 0 Å². The monoisotopic (exact) mass is 178 g/mol. The normalized spacial score (nSPS) is 6.67. The van der Waals surface area contributed by atoms with Crippen molar-refractivity contribution < 1.29 is 0 Å². The lowest BCUT2D eigenvalue weighted by Crippen LogP contribution is -2.06. The fraction of sp³-hybridized carbons (Fsp3) is 1.00. The average molecular weight is 179 g/mol. The maximum Gasteiger partial charge on any atom is 0.354 e. The van der Waals surface area contributed by atoms with Crippen molar-refractivity contribution in [3.8, 4) is 0 Å². The van der Waals surface area contributed by atoms with E-state index in [1.807, 2.05) is 0 Å². The van der Waals surface area contributed by atoms with Crippen LogP contribution in [0.15, 0.2) is 0 Å². The van der Waals surface area contributed by atoms with Gasteiger partial charge in [-0.3, -0.25) is 0 Å². The lowest BCUT2D eigenvalue weighted by atomic mass is 11.9. The van der Waals surface area contributed by atoms with Crippen LogP contribution in [0.4, 0.5) is 0 Å². The van der Waals surface area contributed by atoms with Crippen LogP contribution in [-0.2, 0) is 0 Å². The van der Waals surface area contributed by atoms with Crippen LogP contribution < -0.4 is 0 Å². The summed E-state index contributed by atoms with van der Waals surface area (Å²) >= 11 is 0.488. The fourth-order valence-electron chi connectivity index (χ4n) is 0. The minimum absolute atomic E-state index is 0. The molecule has 6 heavy (non-hydrogen) atoms. The molecule has 0 rings (SSSR count). The molecule has 0 nitrogen and oxygen atoms in total. The highest BCUT2D eigenvalue weighted by Crippen LogP contribution is 1.69. The molecule has 0 aliphatic heterocycles. The summed E-state index contributed by atoms with van der Waals surface area (Å²) in [6.45, 7) is 4.85. The average Bonchev–Trinajstić information content (AvgIpc) is 1.38. The highest BCUT2D eigenvalue weighted by Gasteiger charge is 1.89. The molecule has 0 bridgehead atoms. The van der Waals surface area contributed by atoms with Crippen LogP contribution in [-0.4, -0.2) is 26.0 Å². The molecule has 0 aromatic rings. The van der Waals surface area contributed by atoms with Crippen LogP contribution in [0.25, 0.3) is 0 Å². The maximum atomic E-state index is 2.42. The van der Waals surface area contributed by atoms with Crippen molar-refractivity contribution in [2.24, 2.45) is 0 Å². The molecule has 0 aromatic carbocycles. The Kier molecular flexibility index (Phi) is 11.3. The zero-order chi connectivity index (χ0) is 4.28. The molecule has 0 N–H and O–H groups in total. The zero-order valence-electron chi connectivity index (χ0n) is 4.69. The molecule has 36 valence electrons. The summed E-state index contributed by atoms with van der Waals surface area (Å²) in [5.74, 6) is 0. The fourth-order valence-corrected chi connectivity index (χ4v) is 0. The number of rotatable bonds is 1. The van der Waals surface area contributed by atoms with Crippen LogP contribution in [0.2, 0.25) is 18.1 Å². The third kappa shape index (κ3) is 9.07. The Balaban J connectivity index is 0. The van der Waals surface area contributed by atoms with Gasteiger partial charge in [-0.25, -0.2) is 0 Å². The van der Waals surface area contributed by atoms with Crippen molar-refractivity contribution >= 4 is 43.0 Å². The van der Waals surface area contributed by atoms with Crippen molar-refractivity contribution in [2.75, 3.05) is 0 Å². The summed E-state index contributed by atoms with van der Waals surface area (Å²) in [5, 5.41) is 2.40. The number of halogens is 1. The van der Waals surface area contributed by atoms with E-state index in [4.69, 9.17) is 0 Å². The van der Waals surface area contributed by atoms with Crippen molar-refractivity contribution in [3.05, 3.63) is 0 Å². The first-order chi connectivity index (χ1) is 2.27. The van der Waals surface area contributed by atoms with Crippen LogP contribution in [0.5, 0.6) is 0 Å². The first-order valence-electron chi connectivity index (χ1n) is 2.27. The van der Waals surface area contributed by atoms with E-state index in [0.29, 0.717) is 19.6 Å². The molecule has 0 spiro atoms. The van der Waals surface area contributed by atoms with Crippen molar-refractivity contribution in [3.63, 3.8) is 0 Å². The van der Waals surface area contributed by atoms with Gasteiger partial charge in [0.25, 0.3) is 0 Å². The Morgan fingerprint density at radius 2 is 1.50 bits per heavy atom. The predicted octanol–water partition coefficient (Wildman–Crippen LogP) is 1.30. The molecular weight excluding hydrogens is 168 g/mol. The van der Waals surface area contributed by atoms with E-state index in [2.05, 4.69) is 18.1 Å². The minimum atomic E-state index is -0.0108. The summed E-state index contributed by atoms with van der Waals surface area (Å²) in [4.78, 5) is 0. The minimum Gasteiger partial charge on any atom is -0.160 e. The van der Waals surface area contributed by atoms with Gasteiger partial charge < -0.3 is 0 Å². The molecule has 0 unspecified atom stereocenters. The van der Waals surface area contributed by atoms with Gasteiger partial charge in [0.05, 0.1) is 0 Å². The third-order valence-corrected chi connectivity index (χ3v) is 7.35. The van der Waals surface area contributed by atoms with Crippen molar-refractivity contribution in [1.29, 1.82) is 0 Å². The Labute approximate surface area is 60.9 Å². The second-order valence-electron chi connectivity index (χ2n) is 1.80. The van der Waals surface area contributed by atoms with Gasteiger partial charge >= 0.3 is 19.6 Å². The Bertz CT molecular complexity index is 24.8. The summed E-state index contributed by atoms with van der Waals surface area (Å²) in [6, 6.07) is 0. The molecule has 0 heterocycles. The summed E-state index contributed by atoms with van der Waals surface area (Å²) in [5.41, 5.74) is 0. The molecule has 0 amide bonds. The zero-order valence-corrected chi connectivity index (χ0v) is 8.97. The van der Waals surface area contributed by atoms with Crippen LogP contribution in [0.3, 0.4) is 0 Å². The van der Waals surface area contributed by atoms with E-state index >= 15 is 0 Å². The van der Waals surface area contributed by atoms with Gasteiger partial charge in [-0.1, -0.05) is 19.5 Å². The van der Waals surface area contributed by atoms with Crippen molar-refractivity contribution in [2.45, 2.75) is 18.1 Å². The summed E-state index contributed by atoms with van der Waals surface area (Å²) < 4.78 is 0. The smallest absolute Gasteiger partial charge is 0.160 e. The van der Waals surface area contributed by atoms with Gasteiger partial charge in [-0.05, 0) is 0 Å². The molecule has 0 atom stereocenters. The summed E-state index contributed by atoms with van der Waals surface area (Å²) in [6.07, 6.45) is -0.0108. The predicted molar refractivity (Wildman–Crippen MR) is 40.8 cm³/mol. The molecule has 0 aliphatic rings. The van der Waals surface area contributed by atoms with Gasteiger partial charge in [-0.2, -0.15) is 5.05 Å². The largest absolute Gasteiger partial charge is 0.354 e. The quantitative estimate of drug-likeness (QED) is 0.532. The molecule has 0 fully saturated rings. The number of hydrogen-bond acceptors (Lipinski definition) is 0. The van der Waals surface area contributed by atoms with E-state index in [1.165, 1.54) is 0 Å². The van der Waals surface area contributed by atoms with E-state index in [1.54, 1.807) is 0 Å². The van der Waals surface area contributed by atoms with E-state index < -0.39 is 0 Å². The van der Waals surface area contributed by atoms with Gasteiger partial charge in [0.15, 0.2) is 0 Å². The molecule has 0 saturated heterocycles. The second-order valence-corrected chi connectivity index (χ2v) is 12.8. The molecule has 0 radical (unpaired) electrons. The van der Waals surface area contributed by atoms with E-state index in [0.717, 1.165) is 0 Å². The Morgan fingerprint density at radius 3 is 1.50 bits per heavy atom. The highest BCUT2D eigenvalue weighted by atomic mass is 79.9. The first-order valence-corrected chi connectivity index (χ1v) is 9.26. The maximum absolute atomic E-state index is 2.42. The highest BCUT2D eigenvalue weighted by molar-refractivity contribution is 8.93. The lowest BCUT2D eigenvalue weighted by molar-refractivity contribution is 2.07. The number of hydrogen-bond donors (Lipinski definition) is 0. The lowest BCUT2D eigenvalue weighted by Gasteiger charge is -1.84. The van der Waals surface area contributed by atoms with E-state index in [-0.39, 0.29) is 23.4 Å². The summed E-state index contributed by atoms with van der Waals surface area (Å²) in [7, 11) is 0. The molecule has 0 aromatic heterocycles. The Hall–Kier alpha value is 1.46. The molecule has 0 aliphatic carbocycles.